The van der Waals surface area contributed by atoms with Crippen LogP contribution in [-0.2, 0) is 19.1 Å². The van der Waals surface area contributed by atoms with Gasteiger partial charge in [-0.2, -0.15) is 0 Å². The van der Waals surface area contributed by atoms with Crippen LogP contribution in [0.15, 0.2) is 48.5 Å². The van der Waals surface area contributed by atoms with Crippen LogP contribution in [0.5, 0.6) is 0 Å². The van der Waals surface area contributed by atoms with Gasteiger partial charge in [-0.1, -0.05) is 55.5 Å². The van der Waals surface area contributed by atoms with Crippen molar-refractivity contribution in [2.45, 2.75) is 31.7 Å². The van der Waals surface area contributed by atoms with Crippen LogP contribution in [0, 0.1) is 5.41 Å². The normalized spacial score (nSPS) is 19.9. The molecule has 1 aliphatic carbocycles. The molecule has 1 fully saturated rings. The van der Waals surface area contributed by atoms with Gasteiger partial charge in [-0.05, 0) is 35.1 Å². The number of hydrogen-bond acceptors (Lipinski definition) is 5. The van der Waals surface area contributed by atoms with E-state index in [-0.39, 0.29) is 31.6 Å². The molecule has 2 amide bonds. The predicted octanol–water partition coefficient (Wildman–Crippen LogP) is 3.25. The van der Waals surface area contributed by atoms with Crippen LogP contribution in [0.2, 0.25) is 0 Å². The van der Waals surface area contributed by atoms with Crippen LogP contribution in [-0.4, -0.2) is 67.4 Å². The van der Waals surface area contributed by atoms with Crippen molar-refractivity contribution in [3.8, 4) is 11.1 Å². The summed E-state index contributed by atoms with van der Waals surface area (Å²) in [6.45, 7) is 2.35. The topological polar surface area (TPSA) is 105 Å². The number of likely N-dealkylation sites (tertiary alicyclic amines) is 1. The van der Waals surface area contributed by atoms with Crippen molar-refractivity contribution < 1.29 is 29.0 Å². The number of amides is 2. The fourth-order valence-corrected chi connectivity index (χ4v) is 5.02. The summed E-state index contributed by atoms with van der Waals surface area (Å²) in [7, 11) is 1.44. The van der Waals surface area contributed by atoms with Gasteiger partial charge in [0.1, 0.15) is 12.6 Å². The second-order valence-corrected chi connectivity index (χ2v) is 8.93. The van der Waals surface area contributed by atoms with Crippen molar-refractivity contribution in [3.05, 3.63) is 59.7 Å². The first kappa shape index (κ1) is 23.8. The van der Waals surface area contributed by atoms with E-state index >= 15 is 0 Å². The second kappa shape index (κ2) is 9.85. The van der Waals surface area contributed by atoms with Gasteiger partial charge in [0.25, 0.3) is 0 Å². The van der Waals surface area contributed by atoms with E-state index in [0.717, 1.165) is 22.3 Å². The number of rotatable bonds is 8. The molecule has 0 aromatic heterocycles. The van der Waals surface area contributed by atoms with E-state index < -0.39 is 23.5 Å². The molecule has 2 aromatic carbocycles. The number of benzene rings is 2. The Morgan fingerprint density at radius 3 is 2.26 bits per heavy atom. The molecule has 4 rings (SSSR count). The predicted molar refractivity (Wildman–Crippen MR) is 125 cm³/mol. The SMILES string of the molecule is CCC1(C(=O)O)CCN(C(=O)[C@H](COC)NC(=O)OCC2c3ccccc3-c3ccccc32)C1. The lowest BCUT2D eigenvalue weighted by molar-refractivity contribution is -0.148. The van der Waals surface area contributed by atoms with Crippen molar-refractivity contribution in [2.75, 3.05) is 33.4 Å². The van der Waals surface area contributed by atoms with Gasteiger partial charge in [-0.15, -0.1) is 0 Å². The van der Waals surface area contributed by atoms with Crippen LogP contribution in [0.25, 0.3) is 11.1 Å². The van der Waals surface area contributed by atoms with E-state index in [0.29, 0.717) is 19.4 Å². The summed E-state index contributed by atoms with van der Waals surface area (Å²) in [5.74, 6) is -1.36. The van der Waals surface area contributed by atoms with Gasteiger partial charge in [0.2, 0.25) is 5.91 Å². The van der Waals surface area contributed by atoms with E-state index in [2.05, 4.69) is 17.4 Å². The van der Waals surface area contributed by atoms with Gasteiger partial charge in [0.05, 0.1) is 12.0 Å². The molecule has 1 aliphatic heterocycles. The van der Waals surface area contributed by atoms with Crippen LogP contribution in [0.1, 0.15) is 36.8 Å². The highest BCUT2D eigenvalue weighted by atomic mass is 16.5. The molecule has 0 spiro atoms. The Kier molecular flexibility index (Phi) is 6.88. The molecular formula is C26H30N2O6. The van der Waals surface area contributed by atoms with Gasteiger partial charge < -0.3 is 24.8 Å². The van der Waals surface area contributed by atoms with E-state index in [1.54, 1.807) is 0 Å². The fourth-order valence-electron chi connectivity index (χ4n) is 5.02. The van der Waals surface area contributed by atoms with Crippen LogP contribution in [0.3, 0.4) is 0 Å². The molecular weight excluding hydrogens is 436 g/mol. The molecule has 8 heteroatoms. The maximum Gasteiger partial charge on any atom is 0.407 e. The molecule has 0 saturated carbocycles. The van der Waals surface area contributed by atoms with Crippen molar-refractivity contribution in [2.24, 2.45) is 5.41 Å². The minimum absolute atomic E-state index is 0.0360. The van der Waals surface area contributed by atoms with E-state index in [1.165, 1.54) is 12.0 Å². The number of methoxy groups -OCH3 is 1. The lowest BCUT2D eigenvalue weighted by atomic mass is 9.84. The van der Waals surface area contributed by atoms with Crippen LogP contribution >= 0.6 is 0 Å². The van der Waals surface area contributed by atoms with Gasteiger partial charge in [0, 0.05) is 26.1 Å². The largest absolute Gasteiger partial charge is 0.481 e. The molecule has 2 aromatic rings. The zero-order valence-electron chi connectivity index (χ0n) is 19.5. The molecule has 0 bridgehead atoms. The summed E-state index contributed by atoms with van der Waals surface area (Å²) in [4.78, 5) is 39.0. The molecule has 8 nitrogen and oxygen atoms in total. The Bertz CT molecular complexity index is 1040. The van der Waals surface area contributed by atoms with Gasteiger partial charge in [-0.3, -0.25) is 9.59 Å². The molecule has 2 atom stereocenters. The minimum atomic E-state index is -0.956. The molecule has 1 unspecified atom stereocenters. The van der Waals surface area contributed by atoms with Crippen LogP contribution in [0.4, 0.5) is 4.79 Å². The van der Waals surface area contributed by atoms with Crippen LogP contribution < -0.4 is 5.32 Å². The third-order valence-electron chi connectivity index (χ3n) is 7.06. The average molecular weight is 467 g/mol. The highest BCUT2D eigenvalue weighted by molar-refractivity contribution is 5.87. The van der Waals surface area contributed by atoms with E-state index in [4.69, 9.17) is 9.47 Å². The number of carboxylic acids is 1. The summed E-state index contributed by atoms with van der Waals surface area (Å²) in [6.07, 6.45) is 0.104. The Balaban J connectivity index is 1.40. The van der Waals surface area contributed by atoms with Crippen molar-refractivity contribution in [1.29, 1.82) is 0 Å². The first-order valence-corrected chi connectivity index (χ1v) is 11.5. The molecule has 1 saturated heterocycles. The number of carboxylic acid groups (broad SMARTS) is 1. The Morgan fingerprint density at radius 2 is 1.74 bits per heavy atom. The molecule has 0 radical (unpaired) electrons. The fraction of sp³-hybridized carbons (Fsp3) is 0.423. The van der Waals surface area contributed by atoms with Gasteiger partial charge in [0.15, 0.2) is 0 Å². The molecule has 180 valence electrons. The zero-order chi connectivity index (χ0) is 24.3. The minimum Gasteiger partial charge on any atom is -0.481 e. The number of hydrogen-bond donors (Lipinski definition) is 2. The maximum atomic E-state index is 13.1. The number of alkyl carbamates (subject to hydrolysis) is 1. The summed E-state index contributed by atoms with van der Waals surface area (Å²) in [6, 6.07) is 15.1. The number of carbonyl (C=O) groups is 3. The third kappa shape index (κ3) is 4.37. The van der Waals surface area contributed by atoms with E-state index in [1.807, 2.05) is 43.3 Å². The summed E-state index contributed by atoms with van der Waals surface area (Å²) in [5, 5.41) is 12.2. The number of nitrogens with zero attached hydrogens (tertiary/aromatic N) is 1. The van der Waals surface area contributed by atoms with Crippen molar-refractivity contribution in [3.63, 3.8) is 0 Å². The first-order valence-electron chi connectivity index (χ1n) is 11.5. The number of nitrogens with one attached hydrogen (secondary N) is 1. The lowest BCUT2D eigenvalue weighted by Gasteiger charge is -2.26. The lowest BCUT2D eigenvalue weighted by Crippen LogP contribution is -2.51. The highest BCUT2D eigenvalue weighted by Crippen LogP contribution is 2.44. The molecule has 2 N–H and O–H groups in total. The van der Waals surface area contributed by atoms with E-state index in [9.17, 15) is 19.5 Å². The zero-order valence-corrected chi connectivity index (χ0v) is 19.5. The monoisotopic (exact) mass is 466 g/mol. The average Bonchev–Trinajstić information content (AvgIpc) is 3.43. The number of carbonyl (C=O) groups excluding carboxylic acids is 2. The van der Waals surface area contributed by atoms with Gasteiger partial charge in [-0.25, -0.2) is 4.79 Å². The molecule has 2 aliphatic rings. The van der Waals surface area contributed by atoms with Crippen molar-refractivity contribution in [1.82, 2.24) is 10.2 Å². The summed E-state index contributed by atoms with van der Waals surface area (Å²) in [5.41, 5.74) is 3.51. The molecule has 1 heterocycles. The second-order valence-electron chi connectivity index (χ2n) is 8.93. The number of aliphatic carboxylic acids is 1. The van der Waals surface area contributed by atoms with Crippen molar-refractivity contribution >= 4 is 18.0 Å². The maximum absolute atomic E-state index is 13.1. The number of ether oxygens (including phenoxy) is 2. The first-order chi connectivity index (χ1) is 16.4. The Hall–Kier alpha value is -3.39. The Labute approximate surface area is 198 Å². The third-order valence-corrected chi connectivity index (χ3v) is 7.06. The summed E-state index contributed by atoms with van der Waals surface area (Å²) < 4.78 is 10.7. The Morgan fingerprint density at radius 1 is 1.12 bits per heavy atom. The smallest absolute Gasteiger partial charge is 0.407 e. The summed E-state index contributed by atoms with van der Waals surface area (Å²) >= 11 is 0. The standard InChI is InChI=1S/C26H30N2O6/c1-3-26(24(30)31)12-13-28(16-26)23(29)22(15-33-2)27-25(32)34-14-21-19-10-6-4-8-17(19)18-9-5-7-11-20(18)21/h4-11,21-22H,3,12-16H2,1-2H3,(H,27,32)(H,30,31)/t22-,26?/m0/s1. The quantitative estimate of drug-likeness (QED) is 0.619. The molecule has 34 heavy (non-hydrogen) atoms. The van der Waals surface area contributed by atoms with Gasteiger partial charge >= 0.3 is 12.1 Å². The number of fused-ring (bicyclic) bond motifs is 3. The highest BCUT2D eigenvalue weighted by Gasteiger charge is 2.46.